The number of rotatable bonds is 7. The number of carbonyl (C=O) groups excluding carboxylic acids is 1. The lowest BCUT2D eigenvalue weighted by molar-refractivity contribution is -0.127. The molecule has 1 fully saturated rings. The second kappa shape index (κ2) is 9.87. The summed E-state index contributed by atoms with van der Waals surface area (Å²) < 4.78 is 27.1. The monoisotopic (exact) mass is 439 g/mol. The number of carbonyl (C=O) groups is 1. The van der Waals surface area contributed by atoms with Gasteiger partial charge in [-0.3, -0.25) is 4.79 Å². The summed E-state index contributed by atoms with van der Waals surface area (Å²) in [6.07, 6.45) is 5.37. The zero-order valence-corrected chi connectivity index (χ0v) is 18.4. The van der Waals surface area contributed by atoms with Crippen LogP contribution in [0, 0.1) is 0 Å². The Morgan fingerprint density at radius 2 is 1.96 bits per heavy atom. The highest BCUT2D eigenvalue weighted by atomic mass is 32.2. The highest BCUT2D eigenvalue weighted by Gasteiger charge is 2.25. The Hall–Kier alpha value is -1.42. The molecule has 0 bridgehead atoms. The van der Waals surface area contributed by atoms with Crippen LogP contribution < -0.4 is 0 Å². The van der Waals surface area contributed by atoms with Crippen molar-refractivity contribution in [2.24, 2.45) is 0 Å². The summed E-state index contributed by atoms with van der Waals surface area (Å²) in [5.41, 5.74) is 1.12. The minimum absolute atomic E-state index is 0.0132. The van der Waals surface area contributed by atoms with E-state index in [4.69, 9.17) is 0 Å². The van der Waals surface area contributed by atoms with E-state index in [1.807, 2.05) is 16.8 Å². The van der Waals surface area contributed by atoms with Crippen molar-refractivity contribution in [3.63, 3.8) is 0 Å². The molecule has 2 aromatic heterocycles. The first kappa shape index (κ1) is 21.3. The topological polar surface area (TPSA) is 70.6 Å². The SMILES string of the molecule is CN(Cc1ccsc1)C(=O)CSc1ccc(S(=O)(=O)N2CCCCCC2)cn1. The van der Waals surface area contributed by atoms with Crippen molar-refractivity contribution < 1.29 is 13.2 Å². The van der Waals surface area contributed by atoms with E-state index in [1.54, 1.807) is 39.7 Å². The maximum atomic E-state index is 12.8. The Bertz CT molecular complexity index is 860. The molecule has 152 valence electrons. The third kappa shape index (κ3) is 5.56. The number of hydrogen-bond acceptors (Lipinski definition) is 6. The molecule has 3 rings (SSSR count). The van der Waals surface area contributed by atoms with Crippen LogP contribution in [-0.2, 0) is 21.4 Å². The molecular weight excluding hydrogens is 414 g/mol. The van der Waals surface area contributed by atoms with Crippen LogP contribution in [0.2, 0.25) is 0 Å². The van der Waals surface area contributed by atoms with Gasteiger partial charge in [-0.05, 0) is 47.4 Å². The fourth-order valence-corrected chi connectivity index (χ4v) is 5.93. The van der Waals surface area contributed by atoms with Crippen molar-refractivity contribution in [2.75, 3.05) is 25.9 Å². The Balaban J connectivity index is 1.55. The molecule has 1 aliphatic heterocycles. The van der Waals surface area contributed by atoms with Crippen LogP contribution in [0.4, 0.5) is 0 Å². The first-order valence-corrected chi connectivity index (χ1v) is 12.7. The lowest BCUT2D eigenvalue weighted by Gasteiger charge is -2.19. The smallest absolute Gasteiger partial charge is 0.244 e. The third-order valence-electron chi connectivity index (χ3n) is 4.68. The van der Waals surface area contributed by atoms with Crippen LogP contribution in [0.15, 0.2) is 45.1 Å². The highest BCUT2D eigenvalue weighted by Crippen LogP contribution is 2.22. The number of thioether (sulfide) groups is 1. The number of sulfonamides is 1. The minimum atomic E-state index is -3.49. The van der Waals surface area contributed by atoms with Gasteiger partial charge in [-0.25, -0.2) is 13.4 Å². The molecule has 3 heterocycles. The molecule has 0 aliphatic carbocycles. The highest BCUT2D eigenvalue weighted by molar-refractivity contribution is 7.99. The second-order valence-corrected chi connectivity index (χ2v) is 10.5. The molecule has 9 heteroatoms. The molecule has 0 unspecified atom stereocenters. The summed E-state index contributed by atoms with van der Waals surface area (Å²) in [4.78, 5) is 18.5. The van der Waals surface area contributed by atoms with Gasteiger partial charge in [-0.2, -0.15) is 15.6 Å². The lowest BCUT2D eigenvalue weighted by atomic mass is 10.2. The van der Waals surface area contributed by atoms with E-state index >= 15 is 0 Å². The molecule has 1 saturated heterocycles. The Morgan fingerprint density at radius 1 is 1.21 bits per heavy atom. The number of aromatic nitrogens is 1. The molecule has 1 aliphatic rings. The normalized spacial score (nSPS) is 15.9. The Kier molecular flexibility index (Phi) is 7.50. The van der Waals surface area contributed by atoms with Gasteiger partial charge in [0, 0.05) is 32.9 Å². The molecule has 0 spiro atoms. The molecule has 2 aromatic rings. The van der Waals surface area contributed by atoms with E-state index < -0.39 is 10.0 Å². The van der Waals surface area contributed by atoms with Gasteiger partial charge in [0.05, 0.1) is 10.8 Å². The van der Waals surface area contributed by atoms with E-state index in [0.29, 0.717) is 24.7 Å². The fourth-order valence-electron chi connectivity index (χ4n) is 3.03. The lowest BCUT2D eigenvalue weighted by Crippen LogP contribution is -2.32. The van der Waals surface area contributed by atoms with Gasteiger partial charge in [0.15, 0.2) is 0 Å². The summed E-state index contributed by atoms with van der Waals surface area (Å²) in [6, 6.07) is 5.28. The molecule has 0 atom stereocenters. The van der Waals surface area contributed by atoms with E-state index in [9.17, 15) is 13.2 Å². The standard InChI is InChI=1S/C19H25N3O3S3/c1-21(13-16-8-11-26-14-16)19(23)15-27-18-7-6-17(12-20-18)28(24,25)22-9-4-2-3-5-10-22/h6-8,11-12,14H,2-5,9-10,13,15H2,1H3. The number of amides is 1. The van der Waals surface area contributed by atoms with Crippen LogP contribution in [-0.4, -0.2) is 54.4 Å². The van der Waals surface area contributed by atoms with Crippen molar-refractivity contribution in [3.8, 4) is 0 Å². The fraction of sp³-hybridized carbons (Fsp3) is 0.474. The predicted octanol–water partition coefficient (Wildman–Crippen LogP) is 3.46. The average Bonchev–Trinajstić information content (AvgIpc) is 3.04. The van der Waals surface area contributed by atoms with Gasteiger partial charge in [0.25, 0.3) is 0 Å². The van der Waals surface area contributed by atoms with E-state index in [2.05, 4.69) is 4.98 Å². The largest absolute Gasteiger partial charge is 0.341 e. The zero-order valence-electron chi connectivity index (χ0n) is 15.9. The summed E-state index contributed by atoms with van der Waals surface area (Å²) in [5, 5.41) is 4.67. The van der Waals surface area contributed by atoms with Crippen LogP contribution in [0.3, 0.4) is 0 Å². The number of hydrogen-bond donors (Lipinski definition) is 0. The quantitative estimate of drug-likeness (QED) is 0.618. The molecular formula is C19H25N3O3S3. The molecule has 28 heavy (non-hydrogen) atoms. The minimum Gasteiger partial charge on any atom is -0.341 e. The van der Waals surface area contributed by atoms with E-state index in [0.717, 1.165) is 31.2 Å². The van der Waals surface area contributed by atoms with Crippen molar-refractivity contribution >= 4 is 39.0 Å². The molecule has 0 radical (unpaired) electrons. The van der Waals surface area contributed by atoms with Gasteiger partial charge in [0.2, 0.25) is 15.9 Å². The van der Waals surface area contributed by atoms with Gasteiger partial charge < -0.3 is 4.90 Å². The van der Waals surface area contributed by atoms with Crippen molar-refractivity contribution in [3.05, 3.63) is 40.7 Å². The average molecular weight is 440 g/mol. The predicted molar refractivity (Wildman–Crippen MR) is 113 cm³/mol. The number of pyridine rings is 1. The van der Waals surface area contributed by atoms with E-state index in [1.165, 1.54) is 18.0 Å². The van der Waals surface area contributed by atoms with Crippen LogP contribution in [0.1, 0.15) is 31.2 Å². The number of nitrogens with zero attached hydrogens (tertiary/aromatic N) is 3. The molecule has 1 amide bonds. The van der Waals surface area contributed by atoms with Crippen molar-refractivity contribution in [2.45, 2.75) is 42.1 Å². The van der Waals surface area contributed by atoms with Crippen molar-refractivity contribution in [1.82, 2.24) is 14.2 Å². The maximum Gasteiger partial charge on any atom is 0.244 e. The Morgan fingerprint density at radius 3 is 2.57 bits per heavy atom. The first-order chi connectivity index (χ1) is 13.5. The summed E-state index contributed by atoms with van der Waals surface area (Å²) >= 11 is 2.93. The van der Waals surface area contributed by atoms with Crippen LogP contribution in [0.5, 0.6) is 0 Å². The number of thiophene rings is 1. The third-order valence-corrected chi connectivity index (χ3v) is 8.22. The van der Waals surface area contributed by atoms with Gasteiger partial charge in [0.1, 0.15) is 4.90 Å². The van der Waals surface area contributed by atoms with Crippen molar-refractivity contribution in [1.29, 1.82) is 0 Å². The maximum absolute atomic E-state index is 12.8. The summed E-state index contributed by atoms with van der Waals surface area (Å²) in [7, 11) is -1.71. The summed E-state index contributed by atoms with van der Waals surface area (Å²) in [6.45, 7) is 1.73. The second-order valence-electron chi connectivity index (χ2n) is 6.82. The molecule has 0 saturated carbocycles. The van der Waals surface area contributed by atoms with Crippen LogP contribution in [0.25, 0.3) is 0 Å². The summed E-state index contributed by atoms with van der Waals surface area (Å²) in [5.74, 6) is 0.283. The molecule has 6 nitrogen and oxygen atoms in total. The zero-order chi connectivity index (χ0) is 20.0. The van der Waals surface area contributed by atoms with Crippen LogP contribution >= 0.6 is 23.1 Å². The van der Waals surface area contributed by atoms with Gasteiger partial charge in [-0.1, -0.05) is 24.6 Å². The van der Waals surface area contributed by atoms with E-state index in [-0.39, 0.29) is 16.6 Å². The first-order valence-electron chi connectivity index (χ1n) is 9.31. The Labute approximate surface area is 175 Å². The van der Waals surface area contributed by atoms with Gasteiger partial charge in [-0.15, -0.1) is 0 Å². The molecule has 0 aromatic carbocycles. The molecule has 0 N–H and O–H groups in total. The van der Waals surface area contributed by atoms with Gasteiger partial charge >= 0.3 is 0 Å².